The molecule has 2 nitrogen and oxygen atoms in total. The monoisotopic (exact) mass is 238 g/mol. The van der Waals surface area contributed by atoms with Crippen molar-refractivity contribution in [1.29, 1.82) is 0 Å². The smallest absolute Gasteiger partial charge is 0.177 e. The number of imidazole rings is 1. The summed E-state index contributed by atoms with van der Waals surface area (Å²) in [6.07, 6.45) is 2.07. The number of hydrogen-bond donors (Lipinski definition) is 1. The zero-order valence-electron chi connectivity index (χ0n) is 11.1. The fraction of sp³-hybridized carbons (Fsp3) is 0.769. The predicted molar refractivity (Wildman–Crippen MR) is 70.3 cm³/mol. The summed E-state index contributed by atoms with van der Waals surface area (Å²) in [6, 6.07) is 0.524. The summed E-state index contributed by atoms with van der Waals surface area (Å²) in [7, 11) is 0. The average molecular weight is 238 g/mol. The summed E-state index contributed by atoms with van der Waals surface area (Å²) in [5.74, 6) is 0.514. The van der Waals surface area contributed by atoms with Crippen molar-refractivity contribution in [2.75, 3.05) is 0 Å². The van der Waals surface area contributed by atoms with E-state index in [9.17, 15) is 0 Å². The largest absolute Gasteiger partial charge is 0.337 e. The quantitative estimate of drug-likeness (QED) is 0.763. The minimum atomic E-state index is 0.330. The highest BCUT2D eigenvalue weighted by Gasteiger charge is 2.66. The third-order valence-electron chi connectivity index (χ3n) is 4.63. The molecular weight excluding hydrogens is 216 g/mol. The molecule has 3 heteroatoms. The lowest BCUT2D eigenvalue weighted by Gasteiger charge is -2.12. The van der Waals surface area contributed by atoms with Crippen LogP contribution < -0.4 is 0 Å². The Kier molecular flexibility index (Phi) is 2.40. The fourth-order valence-corrected chi connectivity index (χ4v) is 3.18. The lowest BCUT2D eigenvalue weighted by atomic mass is 10.0. The predicted octanol–water partition coefficient (Wildman–Crippen LogP) is 4.28. The van der Waals surface area contributed by atoms with Gasteiger partial charge in [-0.1, -0.05) is 41.5 Å². The maximum atomic E-state index is 5.42. The maximum Gasteiger partial charge on any atom is 0.177 e. The van der Waals surface area contributed by atoms with Gasteiger partial charge in [0.25, 0.3) is 0 Å². The minimum absolute atomic E-state index is 0.330. The van der Waals surface area contributed by atoms with Crippen molar-refractivity contribution < 1.29 is 0 Å². The Morgan fingerprint density at radius 2 is 1.75 bits per heavy atom. The highest BCUT2D eigenvalue weighted by Crippen LogP contribution is 2.71. The molecule has 0 unspecified atom stereocenters. The van der Waals surface area contributed by atoms with Gasteiger partial charge in [0.2, 0.25) is 0 Å². The molecule has 1 heterocycles. The van der Waals surface area contributed by atoms with Crippen LogP contribution in [-0.4, -0.2) is 9.55 Å². The van der Waals surface area contributed by atoms with E-state index in [0.29, 0.717) is 22.8 Å². The van der Waals surface area contributed by atoms with E-state index < -0.39 is 0 Å². The van der Waals surface area contributed by atoms with E-state index in [1.54, 1.807) is 0 Å². The Labute approximate surface area is 103 Å². The molecule has 0 atom stereocenters. The summed E-state index contributed by atoms with van der Waals surface area (Å²) in [6.45, 7) is 13.8. The van der Waals surface area contributed by atoms with E-state index >= 15 is 0 Å². The normalized spacial score (nSPS) is 22.7. The fourth-order valence-electron chi connectivity index (χ4n) is 2.91. The van der Waals surface area contributed by atoms with Crippen LogP contribution in [0.15, 0.2) is 6.20 Å². The SMILES string of the molecule is CC(C)c1c[nH]c(=S)n1C1C(C)(C)C1(C)C. The Morgan fingerprint density at radius 3 is 2.12 bits per heavy atom. The number of aromatic nitrogens is 2. The summed E-state index contributed by atoms with van der Waals surface area (Å²) in [5.41, 5.74) is 1.99. The lowest BCUT2D eigenvalue weighted by Crippen LogP contribution is -2.06. The van der Waals surface area contributed by atoms with E-state index in [1.165, 1.54) is 5.69 Å². The first kappa shape index (κ1) is 11.9. The summed E-state index contributed by atoms with van der Waals surface area (Å²) < 4.78 is 3.20. The van der Waals surface area contributed by atoms with Gasteiger partial charge in [0, 0.05) is 17.9 Å². The summed E-state index contributed by atoms with van der Waals surface area (Å²) in [5, 5.41) is 0. The second-order valence-corrected chi connectivity index (χ2v) is 6.78. The molecule has 2 rings (SSSR count). The van der Waals surface area contributed by atoms with Gasteiger partial charge in [-0.25, -0.2) is 0 Å². The minimum Gasteiger partial charge on any atom is -0.337 e. The Balaban J connectivity index is 2.52. The second-order valence-electron chi connectivity index (χ2n) is 6.39. The van der Waals surface area contributed by atoms with E-state index in [4.69, 9.17) is 12.2 Å². The van der Waals surface area contributed by atoms with Crippen molar-refractivity contribution >= 4 is 12.2 Å². The zero-order chi connectivity index (χ0) is 12.3. The van der Waals surface area contributed by atoms with Crippen LogP contribution in [0.3, 0.4) is 0 Å². The number of nitrogens with one attached hydrogen (secondary N) is 1. The summed E-state index contributed by atoms with van der Waals surface area (Å²) in [4.78, 5) is 3.19. The highest BCUT2D eigenvalue weighted by molar-refractivity contribution is 7.71. The molecule has 90 valence electrons. The molecule has 0 bridgehead atoms. The number of H-pyrrole nitrogens is 1. The average Bonchev–Trinajstić information content (AvgIpc) is 2.44. The first-order valence-electron chi connectivity index (χ1n) is 6.01. The van der Waals surface area contributed by atoms with Crippen LogP contribution in [0.4, 0.5) is 0 Å². The molecule has 1 N–H and O–H groups in total. The van der Waals surface area contributed by atoms with Crippen LogP contribution in [0.2, 0.25) is 0 Å². The Hall–Kier alpha value is -0.570. The van der Waals surface area contributed by atoms with Crippen molar-refractivity contribution in [2.45, 2.75) is 53.5 Å². The molecular formula is C13H22N2S. The van der Waals surface area contributed by atoms with Gasteiger partial charge in [0.1, 0.15) is 0 Å². The van der Waals surface area contributed by atoms with Crippen LogP contribution >= 0.6 is 12.2 Å². The second kappa shape index (κ2) is 3.22. The van der Waals surface area contributed by atoms with Crippen LogP contribution in [0.25, 0.3) is 0 Å². The first-order chi connectivity index (χ1) is 7.21. The van der Waals surface area contributed by atoms with Crippen LogP contribution in [0.5, 0.6) is 0 Å². The van der Waals surface area contributed by atoms with Crippen molar-refractivity contribution in [3.8, 4) is 0 Å². The third kappa shape index (κ3) is 1.33. The van der Waals surface area contributed by atoms with E-state index in [-0.39, 0.29) is 0 Å². The number of nitrogens with zero attached hydrogens (tertiary/aromatic N) is 1. The van der Waals surface area contributed by atoms with Gasteiger partial charge >= 0.3 is 0 Å². The molecule has 0 aromatic carbocycles. The molecule has 1 aromatic heterocycles. The molecule has 1 fully saturated rings. The molecule has 16 heavy (non-hydrogen) atoms. The number of hydrogen-bond acceptors (Lipinski definition) is 1. The van der Waals surface area contributed by atoms with Gasteiger partial charge in [-0.2, -0.15) is 0 Å². The molecule has 0 amide bonds. The maximum absolute atomic E-state index is 5.42. The van der Waals surface area contributed by atoms with E-state index in [0.717, 1.165) is 4.77 Å². The van der Waals surface area contributed by atoms with Crippen LogP contribution in [-0.2, 0) is 0 Å². The van der Waals surface area contributed by atoms with Gasteiger partial charge in [-0.05, 0) is 29.0 Å². The molecule has 0 saturated heterocycles. The number of aromatic amines is 1. The van der Waals surface area contributed by atoms with Crippen molar-refractivity contribution in [2.24, 2.45) is 10.8 Å². The van der Waals surface area contributed by atoms with E-state index in [2.05, 4.69) is 57.3 Å². The van der Waals surface area contributed by atoms with Gasteiger partial charge in [-0.3, -0.25) is 0 Å². The molecule has 0 aliphatic heterocycles. The molecule has 1 aliphatic rings. The third-order valence-corrected chi connectivity index (χ3v) is 4.95. The number of rotatable bonds is 2. The van der Waals surface area contributed by atoms with Gasteiger partial charge in [0.15, 0.2) is 4.77 Å². The van der Waals surface area contributed by atoms with Crippen molar-refractivity contribution in [1.82, 2.24) is 9.55 Å². The molecule has 1 aromatic rings. The van der Waals surface area contributed by atoms with Gasteiger partial charge < -0.3 is 9.55 Å². The Morgan fingerprint density at radius 1 is 1.25 bits per heavy atom. The van der Waals surface area contributed by atoms with Gasteiger partial charge in [0.05, 0.1) is 0 Å². The molecule has 1 saturated carbocycles. The van der Waals surface area contributed by atoms with Crippen molar-refractivity contribution in [3.63, 3.8) is 0 Å². The van der Waals surface area contributed by atoms with E-state index in [1.807, 2.05) is 0 Å². The highest BCUT2D eigenvalue weighted by atomic mass is 32.1. The Bertz CT molecular complexity index is 449. The standard InChI is InChI=1S/C13H22N2S/c1-8(2)9-7-14-11(16)15(9)10-12(3,4)13(10,5)6/h7-8,10H,1-6H3,(H,14,16). The molecule has 0 spiro atoms. The van der Waals surface area contributed by atoms with Crippen LogP contribution in [0, 0.1) is 15.6 Å². The topological polar surface area (TPSA) is 20.7 Å². The molecule has 0 radical (unpaired) electrons. The van der Waals surface area contributed by atoms with Crippen LogP contribution in [0.1, 0.15) is 59.2 Å². The first-order valence-corrected chi connectivity index (χ1v) is 6.42. The zero-order valence-corrected chi connectivity index (χ0v) is 11.9. The van der Waals surface area contributed by atoms with Gasteiger partial charge in [-0.15, -0.1) is 0 Å². The summed E-state index contributed by atoms with van der Waals surface area (Å²) >= 11 is 5.42. The van der Waals surface area contributed by atoms with Crippen molar-refractivity contribution in [3.05, 3.63) is 16.7 Å². The lowest BCUT2D eigenvalue weighted by molar-refractivity contribution is 0.457. The molecule has 1 aliphatic carbocycles.